The minimum absolute atomic E-state index is 0.0745. The second kappa shape index (κ2) is 8.68. The fraction of sp³-hybridized carbons (Fsp3) is 0.250. The van der Waals surface area contributed by atoms with E-state index in [-0.39, 0.29) is 12.5 Å². The largest absolute Gasteiger partial charge is 0.344 e. The number of benzene rings is 2. The molecule has 0 aliphatic carbocycles. The second-order valence-electron chi connectivity index (χ2n) is 6.32. The number of carbonyl (C=O) groups is 3. The summed E-state index contributed by atoms with van der Waals surface area (Å²) in [4.78, 5) is 37.9. The smallest absolute Gasteiger partial charge is 0.313 e. The molecule has 0 aromatic heterocycles. The van der Waals surface area contributed by atoms with Crippen LogP contribution in [0.2, 0.25) is 5.02 Å². The lowest BCUT2D eigenvalue weighted by Gasteiger charge is -2.27. The van der Waals surface area contributed by atoms with Crippen molar-refractivity contribution < 1.29 is 14.4 Å². The van der Waals surface area contributed by atoms with Crippen LogP contribution in [0.1, 0.15) is 24.8 Å². The minimum Gasteiger partial charge on any atom is -0.344 e. The standard InChI is InChI=1S/C20H20ClN3O3/c21-15-9-7-14(8-10-15)13-22-19(26)20(27)23-16-4-3-5-17(12-16)24-11-2-1-6-18(24)25/h3-5,7-10,12H,1-2,6,11,13H2,(H,22,26)(H,23,27). The number of nitrogens with zero attached hydrogens (tertiary/aromatic N) is 1. The Bertz CT molecular complexity index is 852. The molecule has 1 heterocycles. The van der Waals surface area contributed by atoms with Gasteiger partial charge >= 0.3 is 11.8 Å². The van der Waals surface area contributed by atoms with Gasteiger partial charge in [-0.25, -0.2) is 0 Å². The average molecular weight is 386 g/mol. The molecule has 2 N–H and O–H groups in total. The van der Waals surface area contributed by atoms with E-state index in [2.05, 4.69) is 10.6 Å². The van der Waals surface area contributed by atoms with Gasteiger partial charge in [-0.05, 0) is 48.7 Å². The van der Waals surface area contributed by atoms with E-state index in [1.165, 1.54) is 0 Å². The molecule has 0 radical (unpaired) electrons. The van der Waals surface area contributed by atoms with E-state index >= 15 is 0 Å². The van der Waals surface area contributed by atoms with Crippen LogP contribution >= 0.6 is 11.6 Å². The van der Waals surface area contributed by atoms with E-state index in [0.29, 0.717) is 23.7 Å². The summed E-state index contributed by atoms with van der Waals surface area (Å²) in [6.45, 7) is 0.892. The Hall–Kier alpha value is -2.86. The molecule has 140 valence electrons. The Morgan fingerprint density at radius 2 is 1.81 bits per heavy atom. The van der Waals surface area contributed by atoms with Crippen molar-refractivity contribution in [2.24, 2.45) is 0 Å². The quantitative estimate of drug-likeness (QED) is 0.794. The maximum atomic E-state index is 12.1. The van der Waals surface area contributed by atoms with Crippen LogP contribution in [0.15, 0.2) is 48.5 Å². The predicted octanol–water partition coefficient (Wildman–Crippen LogP) is 3.11. The number of hydrogen-bond acceptors (Lipinski definition) is 3. The van der Waals surface area contributed by atoms with Crippen LogP contribution in [0.3, 0.4) is 0 Å². The maximum absolute atomic E-state index is 12.1. The highest BCUT2D eigenvalue weighted by atomic mass is 35.5. The summed E-state index contributed by atoms with van der Waals surface area (Å²) in [7, 11) is 0. The van der Waals surface area contributed by atoms with E-state index in [0.717, 1.165) is 24.1 Å². The van der Waals surface area contributed by atoms with Crippen LogP contribution in [-0.2, 0) is 20.9 Å². The summed E-state index contributed by atoms with van der Waals surface area (Å²) in [6, 6.07) is 13.9. The molecule has 1 aliphatic rings. The first-order valence-corrected chi connectivity index (χ1v) is 9.15. The zero-order valence-corrected chi connectivity index (χ0v) is 15.5. The minimum atomic E-state index is -0.758. The molecule has 0 atom stereocenters. The molecule has 3 amide bonds. The summed E-state index contributed by atoms with van der Waals surface area (Å²) >= 11 is 5.82. The van der Waals surface area contributed by atoms with E-state index in [1.807, 2.05) is 6.07 Å². The first-order valence-electron chi connectivity index (χ1n) is 8.77. The lowest BCUT2D eigenvalue weighted by atomic mass is 10.1. The third-order valence-electron chi connectivity index (χ3n) is 4.31. The van der Waals surface area contributed by atoms with Gasteiger partial charge in [0.25, 0.3) is 0 Å². The molecule has 0 bridgehead atoms. The van der Waals surface area contributed by atoms with Gasteiger partial charge in [0.15, 0.2) is 0 Å². The SMILES string of the molecule is O=C(NCc1ccc(Cl)cc1)C(=O)Nc1cccc(N2CCCCC2=O)c1. The lowest BCUT2D eigenvalue weighted by Crippen LogP contribution is -2.36. The number of piperidine rings is 1. The number of hydrogen-bond donors (Lipinski definition) is 2. The summed E-state index contributed by atoms with van der Waals surface area (Å²) in [5, 5.41) is 5.74. The number of amides is 3. The van der Waals surface area contributed by atoms with Gasteiger partial charge < -0.3 is 15.5 Å². The number of carbonyl (C=O) groups excluding carboxylic acids is 3. The summed E-state index contributed by atoms with van der Waals surface area (Å²) in [6.07, 6.45) is 2.39. The van der Waals surface area contributed by atoms with E-state index in [4.69, 9.17) is 11.6 Å². The zero-order chi connectivity index (χ0) is 19.2. The molecule has 1 saturated heterocycles. The highest BCUT2D eigenvalue weighted by Crippen LogP contribution is 2.23. The fourth-order valence-electron chi connectivity index (χ4n) is 2.88. The molecule has 0 spiro atoms. The van der Waals surface area contributed by atoms with Crippen LogP contribution in [0.4, 0.5) is 11.4 Å². The van der Waals surface area contributed by atoms with Crippen molar-refractivity contribution in [1.82, 2.24) is 5.32 Å². The van der Waals surface area contributed by atoms with Gasteiger partial charge in [0.05, 0.1) is 0 Å². The highest BCUT2D eigenvalue weighted by Gasteiger charge is 2.20. The summed E-state index contributed by atoms with van der Waals surface area (Å²) < 4.78 is 0. The predicted molar refractivity (Wildman–Crippen MR) is 105 cm³/mol. The van der Waals surface area contributed by atoms with E-state index in [9.17, 15) is 14.4 Å². The van der Waals surface area contributed by atoms with E-state index < -0.39 is 11.8 Å². The Labute approximate surface area is 162 Å². The van der Waals surface area contributed by atoms with Crippen LogP contribution in [0.5, 0.6) is 0 Å². The number of rotatable bonds is 4. The van der Waals surface area contributed by atoms with Gasteiger partial charge in [0.1, 0.15) is 0 Å². The van der Waals surface area contributed by atoms with Crippen LogP contribution < -0.4 is 15.5 Å². The molecule has 0 unspecified atom stereocenters. The number of anilines is 2. The van der Waals surface area contributed by atoms with Crippen molar-refractivity contribution in [1.29, 1.82) is 0 Å². The molecule has 6 nitrogen and oxygen atoms in total. The Balaban J connectivity index is 1.58. The highest BCUT2D eigenvalue weighted by molar-refractivity contribution is 6.39. The molecule has 0 saturated carbocycles. The third-order valence-corrected chi connectivity index (χ3v) is 4.56. The Morgan fingerprint density at radius 3 is 2.56 bits per heavy atom. The molecule has 27 heavy (non-hydrogen) atoms. The lowest BCUT2D eigenvalue weighted by molar-refractivity contribution is -0.136. The Kier molecular flexibility index (Phi) is 6.08. The van der Waals surface area contributed by atoms with Crippen molar-refractivity contribution >= 4 is 40.7 Å². The van der Waals surface area contributed by atoms with Crippen molar-refractivity contribution in [3.05, 3.63) is 59.1 Å². The fourth-order valence-corrected chi connectivity index (χ4v) is 3.01. The van der Waals surface area contributed by atoms with Crippen molar-refractivity contribution in [2.75, 3.05) is 16.8 Å². The molecule has 7 heteroatoms. The molecule has 3 rings (SSSR count). The van der Waals surface area contributed by atoms with Gasteiger partial charge in [-0.2, -0.15) is 0 Å². The van der Waals surface area contributed by atoms with Gasteiger partial charge in [0, 0.05) is 35.9 Å². The van der Waals surface area contributed by atoms with Crippen molar-refractivity contribution in [3.8, 4) is 0 Å². The Morgan fingerprint density at radius 1 is 1.04 bits per heavy atom. The van der Waals surface area contributed by atoms with Gasteiger partial charge in [-0.3, -0.25) is 14.4 Å². The number of halogens is 1. The average Bonchev–Trinajstić information content (AvgIpc) is 2.68. The molecule has 1 aliphatic heterocycles. The summed E-state index contributed by atoms with van der Waals surface area (Å²) in [5.41, 5.74) is 2.03. The normalized spacial score (nSPS) is 14.0. The van der Waals surface area contributed by atoms with Crippen LogP contribution in [0, 0.1) is 0 Å². The van der Waals surface area contributed by atoms with Gasteiger partial charge in [-0.1, -0.05) is 29.8 Å². The topological polar surface area (TPSA) is 78.5 Å². The molecule has 2 aromatic rings. The molecular formula is C20H20ClN3O3. The molecule has 1 fully saturated rings. The number of nitrogens with one attached hydrogen (secondary N) is 2. The van der Waals surface area contributed by atoms with Gasteiger partial charge in [-0.15, -0.1) is 0 Å². The van der Waals surface area contributed by atoms with Crippen molar-refractivity contribution in [3.63, 3.8) is 0 Å². The first-order chi connectivity index (χ1) is 13.0. The van der Waals surface area contributed by atoms with Crippen LogP contribution in [-0.4, -0.2) is 24.3 Å². The zero-order valence-electron chi connectivity index (χ0n) is 14.7. The monoisotopic (exact) mass is 385 g/mol. The summed E-state index contributed by atoms with van der Waals surface area (Å²) in [5.74, 6) is -1.42. The second-order valence-corrected chi connectivity index (χ2v) is 6.75. The van der Waals surface area contributed by atoms with Gasteiger partial charge in [0.2, 0.25) is 5.91 Å². The first kappa shape index (κ1) is 18.9. The molecular weight excluding hydrogens is 366 g/mol. The third kappa shape index (κ3) is 5.08. The molecule has 2 aromatic carbocycles. The van der Waals surface area contributed by atoms with Crippen LogP contribution in [0.25, 0.3) is 0 Å². The van der Waals surface area contributed by atoms with Crippen molar-refractivity contribution in [2.45, 2.75) is 25.8 Å². The maximum Gasteiger partial charge on any atom is 0.313 e. The van der Waals surface area contributed by atoms with E-state index in [1.54, 1.807) is 47.4 Å².